The van der Waals surface area contributed by atoms with Crippen LogP contribution in [0.25, 0.3) is 55.4 Å². The average Bonchev–Trinajstić information content (AvgIpc) is 3.55. The van der Waals surface area contributed by atoms with Crippen LogP contribution in [0.15, 0.2) is 79.4 Å². The first-order valence-corrected chi connectivity index (χ1v) is 12.1. The highest BCUT2D eigenvalue weighted by atomic mass is 19.1. The average molecular weight is 489 g/mol. The van der Waals surface area contributed by atoms with Crippen LogP contribution < -0.4 is 5.32 Å². The molecule has 6 aromatic rings. The minimum atomic E-state index is -0.290. The quantitative estimate of drug-likeness (QED) is 0.264. The molecule has 2 aromatic carbocycles. The van der Waals surface area contributed by atoms with E-state index in [0.717, 1.165) is 68.3 Å². The number of anilines is 1. The second kappa shape index (κ2) is 8.37. The van der Waals surface area contributed by atoms with Gasteiger partial charge in [0, 0.05) is 40.2 Å². The third-order valence-corrected chi connectivity index (χ3v) is 6.79. The maximum Gasteiger partial charge on any atom is 0.227 e. The van der Waals surface area contributed by atoms with Crippen LogP contribution in [0.4, 0.5) is 10.1 Å². The SMILES string of the molecule is O=C(Nc1cncc(-c2ccc3[nH]nc(-c4cc5c(-c6cccc(F)c6)cncc5[nH]4)c3c2)c1)C1CC1. The molecule has 180 valence electrons. The van der Waals surface area contributed by atoms with Crippen molar-refractivity contribution >= 4 is 33.4 Å². The lowest BCUT2D eigenvalue weighted by molar-refractivity contribution is -0.117. The van der Waals surface area contributed by atoms with Crippen LogP contribution in [-0.4, -0.2) is 31.1 Å². The summed E-state index contributed by atoms with van der Waals surface area (Å²) in [5.41, 5.74) is 7.49. The number of benzene rings is 2. The van der Waals surface area contributed by atoms with E-state index in [9.17, 15) is 9.18 Å². The van der Waals surface area contributed by atoms with Crippen molar-refractivity contribution in [3.05, 3.63) is 85.2 Å². The first-order chi connectivity index (χ1) is 18.1. The van der Waals surface area contributed by atoms with Gasteiger partial charge in [-0.15, -0.1) is 0 Å². The van der Waals surface area contributed by atoms with E-state index >= 15 is 0 Å². The summed E-state index contributed by atoms with van der Waals surface area (Å²) in [5.74, 6) is -0.111. The molecule has 0 atom stereocenters. The summed E-state index contributed by atoms with van der Waals surface area (Å²) < 4.78 is 13.9. The Morgan fingerprint density at radius 3 is 2.62 bits per heavy atom. The van der Waals surface area contributed by atoms with Crippen molar-refractivity contribution in [1.29, 1.82) is 0 Å². The Balaban J connectivity index is 1.28. The number of pyridine rings is 2. The summed E-state index contributed by atoms with van der Waals surface area (Å²) in [6, 6.07) is 16.5. The molecule has 0 spiro atoms. The molecule has 1 aliphatic carbocycles. The number of hydrogen-bond acceptors (Lipinski definition) is 4. The van der Waals surface area contributed by atoms with Crippen molar-refractivity contribution < 1.29 is 9.18 Å². The third kappa shape index (κ3) is 3.92. The summed E-state index contributed by atoms with van der Waals surface area (Å²) in [5, 5.41) is 12.5. The maximum absolute atomic E-state index is 13.9. The van der Waals surface area contributed by atoms with Crippen molar-refractivity contribution in [1.82, 2.24) is 25.1 Å². The molecular formula is C29H21FN6O. The van der Waals surface area contributed by atoms with Crippen molar-refractivity contribution in [2.24, 2.45) is 5.92 Å². The molecule has 0 unspecified atom stereocenters. The number of aromatic nitrogens is 5. The van der Waals surface area contributed by atoms with Gasteiger partial charge in [-0.25, -0.2) is 4.39 Å². The zero-order valence-electron chi connectivity index (χ0n) is 19.6. The molecule has 1 fully saturated rings. The molecule has 0 saturated heterocycles. The summed E-state index contributed by atoms with van der Waals surface area (Å²) in [7, 11) is 0. The molecule has 0 aliphatic heterocycles. The molecule has 1 amide bonds. The lowest BCUT2D eigenvalue weighted by atomic mass is 10.0. The van der Waals surface area contributed by atoms with Crippen molar-refractivity contribution in [3.8, 4) is 33.6 Å². The molecule has 0 radical (unpaired) electrons. The third-order valence-electron chi connectivity index (χ3n) is 6.79. The molecule has 0 bridgehead atoms. The number of nitrogens with one attached hydrogen (secondary N) is 3. The number of fused-ring (bicyclic) bond motifs is 2. The number of H-pyrrole nitrogens is 2. The van der Waals surface area contributed by atoms with Gasteiger partial charge in [-0.2, -0.15) is 5.10 Å². The smallest absolute Gasteiger partial charge is 0.227 e. The van der Waals surface area contributed by atoms with Gasteiger partial charge in [0.25, 0.3) is 0 Å². The van der Waals surface area contributed by atoms with Crippen LogP contribution in [0.2, 0.25) is 0 Å². The number of amides is 1. The minimum absolute atomic E-state index is 0.0532. The van der Waals surface area contributed by atoms with Gasteiger partial charge in [0.05, 0.1) is 34.8 Å². The Labute approximate surface area is 210 Å². The van der Waals surface area contributed by atoms with Crippen LogP contribution in [0.1, 0.15) is 12.8 Å². The van der Waals surface area contributed by atoms with Gasteiger partial charge in [-0.3, -0.25) is 19.9 Å². The Kier molecular flexibility index (Phi) is 4.85. The van der Waals surface area contributed by atoms with Crippen LogP contribution in [0.3, 0.4) is 0 Å². The number of halogens is 1. The zero-order valence-corrected chi connectivity index (χ0v) is 19.6. The van der Waals surface area contributed by atoms with Crippen molar-refractivity contribution in [2.75, 3.05) is 5.32 Å². The second-order valence-electron chi connectivity index (χ2n) is 9.40. The first-order valence-electron chi connectivity index (χ1n) is 12.1. The predicted molar refractivity (Wildman–Crippen MR) is 141 cm³/mol. The summed E-state index contributed by atoms with van der Waals surface area (Å²) in [4.78, 5) is 24.3. The van der Waals surface area contributed by atoms with Crippen LogP contribution in [0.5, 0.6) is 0 Å². The summed E-state index contributed by atoms with van der Waals surface area (Å²) in [6.07, 6.45) is 8.86. The zero-order chi connectivity index (χ0) is 24.9. The fourth-order valence-corrected chi connectivity index (χ4v) is 4.72. The Morgan fingerprint density at radius 1 is 0.865 bits per heavy atom. The molecule has 7 rings (SSSR count). The Hall–Kier alpha value is -4.85. The van der Waals surface area contributed by atoms with Gasteiger partial charge in [0.1, 0.15) is 11.5 Å². The molecule has 3 N–H and O–H groups in total. The Bertz CT molecular complexity index is 1820. The van der Waals surface area contributed by atoms with Gasteiger partial charge in [-0.1, -0.05) is 18.2 Å². The number of carbonyl (C=O) groups is 1. The van der Waals surface area contributed by atoms with Crippen LogP contribution >= 0.6 is 0 Å². The van der Waals surface area contributed by atoms with E-state index in [2.05, 4.69) is 36.5 Å². The first kappa shape index (κ1) is 21.4. The number of hydrogen-bond donors (Lipinski definition) is 3. The summed E-state index contributed by atoms with van der Waals surface area (Å²) >= 11 is 0. The van der Waals surface area contributed by atoms with Crippen molar-refractivity contribution in [3.63, 3.8) is 0 Å². The molecule has 1 saturated carbocycles. The second-order valence-corrected chi connectivity index (χ2v) is 9.40. The van der Waals surface area contributed by atoms with Gasteiger partial charge < -0.3 is 10.3 Å². The molecule has 8 heteroatoms. The largest absolute Gasteiger partial charge is 0.352 e. The van der Waals surface area contributed by atoms with E-state index in [1.807, 2.05) is 30.3 Å². The molecule has 4 aromatic heterocycles. The minimum Gasteiger partial charge on any atom is -0.352 e. The van der Waals surface area contributed by atoms with Gasteiger partial charge >= 0.3 is 0 Å². The fraction of sp³-hybridized carbons (Fsp3) is 0.103. The highest BCUT2D eigenvalue weighted by Gasteiger charge is 2.29. The highest BCUT2D eigenvalue weighted by Crippen LogP contribution is 2.35. The number of rotatable bonds is 5. The monoisotopic (exact) mass is 488 g/mol. The van der Waals surface area contributed by atoms with E-state index in [4.69, 9.17) is 0 Å². The molecule has 4 heterocycles. The van der Waals surface area contributed by atoms with E-state index in [0.29, 0.717) is 5.69 Å². The highest BCUT2D eigenvalue weighted by molar-refractivity contribution is 6.01. The predicted octanol–water partition coefficient (Wildman–Crippen LogP) is 6.32. The molecule has 7 nitrogen and oxygen atoms in total. The Morgan fingerprint density at radius 2 is 1.76 bits per heavy atom. The number of aromatic amines is 2. The fourth-order valence-electron chi connectivity index (χ4n) is 4.72. The number of carbonyl (C=O) groups excluding carboxylic acids is 1. The van der Waals surface area contributed by atoms with E-state index in [-0.39, 0.29) is 17.6 Å². The normalized spacial score (nSPS) is 13.3. The van der Waals surface area contributed by atoms with E-state index in [1.165, 1.54) is 12.1 Å². The molecular weight excluding hydrogens is 467 g/mol. The summed E-state index contributed by atoms with van der Waals surface area (Å²) in [6.45, 7) is 0. The van der Waals surface area contributed by atoms with Gasteiger partial charge in [0.2, 0.25) is 5.91 Å². The van der Waals surface area contributed by atoms with E-state index < -0.39 is 0 Å². The van der Waals surface area contributed by atoms with Crippen LogP contribution in [-0.2, 0) is 4.79 Å². The van der Waals surface area contributed by atoms with Gasteiger partial charge in [0.15, 0.2) is 0 Å². The topological polar surface area (TPSA) is 99.3 Å². The number of nitrogens with zero attached hydrogens (tertiary/aromatic N) is 3. The van der Waals surface area contributed by atoms with Crippen molar-refractivity contribution in [2.45, 2.75) is 12.8 Å². The van der Waals surface area contributed by atoms with Crippen LogP contribution in [0, 0.1) is 11.7 Å². The van der Waals surface area contributed by atoms with Gasteiger partial charge in [-0.05, 0) is 60.4 Å². The lowest BCUT2D eigenvalue weighted by Gasteiger charge is -2.07. The molecule has 37 heavy (non-hydrogen) atoms. The molecule has 1 aliphatic rings. The van der Waals surface area contributed by atoms with E-state index in [1.54, 1.807) is 30.9 Å². The lowest BCUT2D eigenvalue weighted by Crippen LogP contribution is -2.13. The maximum atomic E-state index is 13.9. The standard InChI is InChI=1S/C29H21FN6O/c30-20-3-1-2-18(8-20)24-14-32-15-27-22(24)11-26(34-27)28-23-10-17(6-7-25(23)35-36-28)19-9-21(13-31-12-19)33-29(37)16-4-5-16/h1-3,6-16,34H,4-5H2,(H,33,37)(H,35,36).